The maximum absolute atomic E-state index is 12.5. The number of aromatic nitrogens is 1. The van der Waals surface area contributed by atoms with E-state index in [4.69, 9.17) is 0 Å². The second-order valence-electron chi connectivity index (χ2n) is 5.15. The Bertz CT molecular complexity index is 459. The highest BCUT2D eigenvalue weighted by Crippen LogP contribution is 2.17. The number of hydrogen-bond donors (Lipinski definition) is 1. The number of nitrogens with one attached hydrogen (secondary N) is 1. The Morgan fingerprint density at radius 3 is 2.80 bits per heavy atom. The molecule has 4 nitrogen and oxygen atoms in total. The molecule has 2 heterocycles. The minimum atomic E-state index is -2.58. The summed E-state index contributed by atoms with van der Waals surface area (Å²) in [5.74, 6) is 0.00633. The average molecular weight is 283 g/mol. The van der Waals surface area contributed by atoms with Gasteiger partial charge in [-0.3, -0.25) is 4.79 Å². The van der Waals surface area contributed by atoms with E-state index in [0.717, 1.165) is 25.9 Å². The number of amides is 1. The minimum absolute atomic E-state index is 0.0117. The van der Waals surface area contributed by atoms with Gasteiger partial charge >= 0.3 is 0 Å². The fourth-order valence-corrected chi connectivity index (χ4v) is 2.31. The standard InChI is InChI=1S/C14H19F2N3O/c1-19-7-5-10(6-8-19)14(20)17-9-11-3-2-4-12(18-11)13(15)16/h2-4,10,13H,5-9H2,1H3,(H,17,20). The lowest BCUT2D eigenvalue weighted by Crippen LogP contribution is -2.38. The quantitative estimate of drug-likeness (QED) is 0.919. The third-order valence-electron chi connectivity index (χ3n) is 3.58. The van der Waals surface area contributed by atoms with Crippen molar-refractivity contribution in [1.29, 1.82) is 0 Å². The molecule has 0 unspecified atom stereocenters. The van der Waals surface area contributed by atoms with E-state index in [0.29, 0.717) is 5.69 Å². The van der Waals surface area contributed by atoms with Gasteiger partial charge in [0.15, 0.2) is 0 Å². The highest BCUT2D eigenvalue weighted by Gasteiger charge is 2.23. The molecule has 6 heteroatoms. The number of carbonyl (C=O) groups is 1. The summed E-state index contributed by atoms with van der Waals surface area (Å²) < 4.78 is 25.0. The van der Waals surface area contributed by atoms with Crippen LogP contribution in [-0.4, -0.2) is 35.9 Å². The SMILES string of the molecule is CN1CCC(C(=O)NCc2cccc(C(F)F)n2)CC1. The van der Waals surface area contributed by atoms with Gasteiger partial charge in [-0.25, -0.2) is 13.8 Å². The number of hydrogen-bond acceptors (Lipinski definition) is 3. The molecular weight excluding hydrogens is 264 g/mol. The first-order valence-electron chi connectivity index (χ1n) is 6.76. The van der Waals surface area contributed by atoms with E-state index in [1.54, 1.807) is 6.07 Å². The Labute approximate surface area is 117 Å². The van der Waals surface area contributed by atoms with Crippen LogP contribution in [0.5, 0.6) is 0 Å². The van der Waals surface area contributed by atoms with Crippen molar-refractivity contribution in [3.63, 3.8) is 0 Å². The summed E-state index contributed by atoms with van der Waals surface area (Å²) in [7, 11) is 2.04. The molecule has 1 fully saturated rings. The first-order valence-corrected chi connectivity index (χ1v) is 6.76. The van der Waals surface area contributed by atoms with E-state index in [2.05, 4.69) is 15.2 Å². The van der Waals surface area contributed by atoms with Crippen molar-refractivity contribution in [3.8, 4) is 0 Å². The summed E-state index contributed by atoms with van der Waals surface area (Å²) >= 11 is 0. The fourth-order valence-electron chi connectivity index (χ4n) is 2.31. The maximum Gasteiger partial charge on any atom is 0.280 e. The molecule has 0 atom stereocenters. The van der Waals surface area contributed by atoms with Crippen LogP contribution in [0.2, 0.25) is 0 Å². The minimum Gasteiger partial charge on any atom is -0.350 e. The summed E-state index contributed by atoms with van der Waals surface area (Å²) in [4.78, 5) is 18.0. The first-order chi connectivity index (χ1) is 9.56. The van der Waals surface area contributed by atoms with Crippen LogP contribution in [0.25, 0.3) is 0 Å². The van der Waals surface area contributed by atoms with Gasteiger partial charge in [0, 0.05) is 5.92 Å². The van der Waals surface area contributed by atoms with E-state index in [-0.39, 0.29) is 24.1 Å². The number of pyridine rings is 1. The van der Waals surface area contributed by atoms with Crippen LogP contribution in [-0.2, 0) is 11.3 Å². The first kappa shape index (κ1) is 14.8. The molecule has 1 N–H and O–H groups in total. The molecule has 2 rings (SSSR count). The lowest BCUT2D eigenvalue weighted by atomic mass is 9.96. The molecule has 0 bridgehead atoms. The number of halogens is 2. The van der Waals surface area contributed by atoms with Crippen molar-refractivity contribution in [1.82, 2.24) is 15.2 Å². The van der Waals surface area contributed by atoms with Gasteiger partial charge in [-0.1, -0.05) is 6.07 Å². The molecule has 1 amide bonds. The Hall–Kier alpha value is -1.56. The maximum atomic E-state index is 12.5. The molecule has 0 aliphatic carbocycles. The van der Waals surface area contributed by atoms with Gasteiger partial charge in [-0.05, 0) is 45.1 Å². The summed E-state index contributed by atoms with van der Waals surface area (Å²) in [6, 6.07) is 4.46. The highest BCUT2D eigenvalue weighted by molar-refractivity contribution is 5.78. The molecule has 1 aliphatic rings. The van der Waals surface area contributed by atoms with Crippen molar-refractivity contribution < 1.29 is 13.6 Å². The lowest BCUT2D eigenvalue weighted by molar-refractivity contribution is -0.126. The van der Waals surface area contributed by atoms with Crippen LogP contribution in [0.1, 0.15) is 30.7 Å². The van der Waals surface area contributed by atoms with Crippen LogP contribution >= 0.6 is 0 Å². The van der Waals surface area contributed by atoms with Crippen LogP contribution in [0, 0.1) is 5.92 Å². The zero-order valence-corrected chi connectivity index (χ0v) is 11.5. The Morgan fingerprint density at radius 1 is 1.45 bits per heavy atom. The molecule has 0 spiro atoms. The summed E-state index contributed by atoms with van der Waals surface area (Å²) in [6.45, 7) is 2.03. The predicted molar refractivity (Wildman–Crippen MR) is 71.3 cm³/mol. The number of likely N-dealkylation sites (tertiary alicyclic amines) is 1. The molecule has 1 aliphatic heterocycles. The van der Waals surface area contributed by atoms with Gasteiger partial charge in [0.05, 0.1) is 12.2 Å². The number of alkyl halides is 2. The van der Waals surface area contributed by atoms with Crippen molar-refractivity contribution >= 4 is 5.91 Å². The van der Waals surface area contributed by atoms with Crippen molar-refractivity contribution in [2.24, 2.45) is 5.92 Å². The zero-order chi connectivity index (χ0) is 14.5. The van der Waals surface area contributed by atoms with Gasteiger partial charge in [0.1, 0.15) is 5.69 Å². The second-order valence-corrected chi connectivity index (χ2v) is 5.15. The summed E-state index contributed by atoms with van der Waals surface area (Å²) in [5, 5.41) is 2.78. The molecule has 1 aromatic rings. The van der Waals surface area contributed by atoms with Crippen LogP contribution in [0.15, 0.2) is 18.2 Å². The number of piperidine rings is 1. The zero-order valence-electron chi connectivity index (χ0n) is 11.5. The van der Waals surface area contributed by atoms with Crippen LogP contribution in [0.4, 0.5) is 8.78 Å². The number of rotatable bonds is 4. The highest BCUT2D eigenvalue weighted by atomic mass is 19.3. The van der Waals surface area contributed by atoms with Gasteiger partial charge in [-0.15, -0.1) is 0 Å². The normalized spacial score (nSPS) is 17.4. The molecule has 20 heavy (non-hydrogen) atoms. The molecule has 0 saturated carbocycles. The van der Waals surface area contributed by atoms with E-state index in [9.17, 15) is 13.6 Å². The molecular formula is C14H19F2N3O. The largest absolute Gasteiger partial charge is 0.350 e. The van der Waals surface area contributed by atoms with Gasteiger partial charge < -0.3 is 10.2 Å². The third-order valence-corrected chi connectivity index (χ3v) is 3.58. The van der Waals surface area contributed by atoms with Crippen LogP contribution in [0.3, 0.4) is 0 Å². The smallest absolute Gasteiger partial charge is 0.280 e. The van der Waals surface area contributed by atoms with E-state index in [1.807, 2.05) is 7.05 Å². The second kappa shape index (κ2) is 6.74. The number of nitrogens with zero attached hydrogens (tertiary/aromatic N) is 2. The van der Waals surface area contributed by atoms with Crippen LogP contribution < -0.4 is 5.32 Å². The Kier molecular flexibility index (Phi) is 5.00. The van der Waals surface area contributed by atoms with Gasteiger partial charge in [0.2, 0.25) is 5.91 Å². The Balaban J connectivity index is 1.85. The van der Waals surface area contributed by atoms with Gasteiger partial charge in [-0.2, -0.15) is 0 Å². The van der Waals surface area contributed by atoms with Crippen molar-refractivity contribution in [3.05, 3.63) is 29.6 Å². The summed E-state index contributed by atoms with van der Waals surface area (Å²) in [5.41, 5.74) is 0.208. The number of carbonyl (C=O) groups excluding carboxylic acids is 1. The van der Waals surface area contributed by atoms with E-state index >= 15 is 0 Å². The third kappa shape index (κ3) is 3.96. The molecule has 1 aromatic heterocycles. The van der Waals surface area contributed by atoms with Crippen molar-refractivity contribution in [2.75, 3.05) is 20.1 Å². The van der Waals surface area contributed by atoms with E-state index < -0.39 is 6.43 Å². The molecule has 110 valence electrons. The molecule has 0 radical (unpaired) electrons. The topological polar surface area (TPSA) is 45.2 Å². The lowest BCUT2D eigenvalue weighted by Gasteiger charge is -2.28. The monoisotopic (exact) mass is 283 g/mol. The fraction of sp³-hybridized carbons (Fsp3) is 0.571. The molecule has 1 saturated heterocycles. The molecule has 0 aromatic carbocycles. The Morgan fingerprint density at radius 2 is 2.15 bits per heavy atom. The average Bonchev–Trinajstić information content (AvgIpc) is 2.46. The predicted octanol–water partition coefficient (Wildman–Crippen LogP) is 1.98. The van der Waals surface area contributed by atoms with E-state index in [1.165, 1.54) is 12.1 Å². The van der Waals surface area contributed by atoms with Gasteiger partial charge in [0.25, 0.3) is 6.43 Å². The van der Waals surface area contributed by atoms with Crippen molar-refractivity contribution in [2.45, 2.75) is 25.8 Å². The summed E-state index contributed by atoms with van der Waals surface area (Å²) in [6.07, 6.45) is -0.904.